The summed E-state index contributed by atoms with van der Waals surface area (Å²) in [6, 6.07) is 19.1. The number of aromatic nitrogens is 2. The Morgan fingerprint density at radius 2 is 1.80 bits per heavy atom. The van der Waals surface area contributed by atoms with Gasteiger partial charge in [0, 0.05) is 5.02 Å². The second-order valence-corrected chi connectivity index (χ2v) is 6.52. The smallest absolute Gasteiger partial charge is 0.259 e. The van der Waals surface area contributed by atoms with Crippen molar-refractivity contribution < 1.29 is 0 Å². The van der Waals surface area contributed by atoms with Gasteiger partial charge in [0.2, 0.25) is 0 Å². The van der Waals surface area contributed by atoms with E-state index in [4.69, 9.17) is 23.2 Å². The molecule has 0 aliphatic heterocycles. The van der Waals surface area contributed by atoms with E-state index in [1.807, 2.05) is 36.4 Å². The van der Waals surface area contributed by atoms with E-state index in [1.165, 1.54) is 0 Å². The maximum Gasteiger partial charge on any atom is 0.259 e. The number of halogens is 2. The van der Waals surface area contributed by atoms with Crippen molar-refractivity contribution >= 4 is 56.0 Å². The molecule has 0 saturated heterocycles. The molecule has 0 unspecified atom stereocenters. The summed E-state index contributed by atoms with van der Waals surface area (Å²) in [4.78, 5) is 19.4. The van der Waals surface area contributed by atoms with Crippen LogP contribution in [0.2, 0.25) is 5.02 Å². The van der Waals surface area contributed by atoms with Crippen LogP contribution in [0, 0.1) is 0 Å². The van der Waals surface area contributed by atoms with Gasteiger partial charge in [-0.25, -0.2) is 4.98 Å². The van der Waals surface area contributed by atoms with Gasteiger partial charge in [-0.2, -0.15) is 0 Å². The van der Waals surface area contributed by atoms with Crippen LogP contribution in [0.25, 0.3) is 32.8 Å². The van der Waals surface area contributed by atoms with Gasteiger partial charge in [0.15, 0.2) is 5.82 Å². The molecule has 0 fully saturated rings. The van der Waals surface area contributed by atoms with Crippen LogP contribution in [-0.4, -0.2) is 9.97 Å². The van der Waals surface area contributed by atoms with Crippen LogP contribution in [0.4, 0.5) is 0 Å². The van der Waals surface area contributed by atoms with E-state index in [9.17, 15) is 4.79 Å². The zero-order valence-electron chi connectivity index (χ0n) is 13.0. The molecule has 25 heavy (non-hydrogen) atoms. The molecular weight excluding hydrogens is 355 g/mol. The monoisotopic (exact) mass is 366 g/mol. The van der Waals surface area contributed by atoms with Crippen molar-refractivity contribution in [2.45, 2.75) is 0 Å². The van der Waals surface area contributed by atoms with Crippen LogP contribution in [0.15, 0.2) is 65.5 Å². The van der Waals surface area contributed by atoms with E-state index in [2.05, 4.69) is 16.0 Å². The standard InChI is InChI=1S/C20H12Cl2N2O/c21-15-7-8-16-18(11-15)23-19(24-20(16)25)17(22)10-12-5-6-13-3-1-2-4-14(13)9-12/h1-11H,(H,23,24,25)/b17-10-. The third-order valence-electron chi connectivity index (χ3n) is 3.96. The summed E-state index contributed by atoms with van der Waals surface area (Å²) < 4.78 is 0. The van der Waals surface area contributed by atoms with Gasteiger partial charge >= 0.3 is 0 Å². The molecule has 0 bridgehead atoms. The molecular formula is C20H12Cl2N2O. The van der Waals surface area contributed by atoms with Crippen molar-refractivity contribution in [2.75, 3.05) is 0 Å². The van der Waals surface area contributed by atoms with Gasteiger partial charge in [-0.1, -0.05) is 59.6 Å². The lowest BCUT2D eigenvalue weighted by Crippen LogP contribution is -2.10. The highest BCUT2D eigenvalue weighted by Crippen LogP contribution is 2.23. The number of nitrogens with one attached hydrogen (secondary N) is 1. The molecule has 1 heterocycles. The predicted octanol–water partition coefficient (Wildman–Crippen LogP) is 5.47. The summed E-state index contributed by atoms with van der Waals surface area (Å²) in [5.41, 5.74) is 1.19. The van der Waals surface area contributed by atoms with Crippen molar-refractivity contribution in [3.63, 3.8) is 0 Å². The molecule has 0 amide bonds. The topological polar surface area (TPSA) is 45.8 Å². The molecule has 3 nitrogen and oxygen atoms in total. The Hall–Kier alpha value is -2.62. The summed E-state index contributed by atoms with van der Waals surface area (Å²) in [6.07, 6.45) is 1.78. The zero-order valence-corrected chi connectivity index (χ0v) is 14.5. The Kier molecular flexibility index (Phi) is 4.04. The van der Waals surface area contributed by atoms with Crippen LogP contribution in [0.3, 0.4) is 0 Å². The minimum Gasteiger partial charge on any atom is -0.305 e. The fraction of sp³-hybridized carbons (Fsp3) is 0. The molecule has 4 aromatic rings. The molecule has 0 saturated carbocycles. The fourth-order valence-corrected chi connectivity index (χ4v) is 3.12. The van der Waals surface area contributed by atoms with Gasteiger partial charge in [-0.15, -0.1) is 0 Å². The number of benzene rings is 3. The maximum atomic E-state index is 12.2. The number of rotatable bonds is 2. The van der Waals surface area contributed by atoms with E-state index >= 15 is 0 Å². The van der Waals surface area contributed by atoms with Crippen molar-refractivity contribution in [3.05, 3.63) is 87.4 Å². The Morgan fingerprint density at radius 3 is 2.64 bits per heavy atom. The second kappa shape index (κ2) is 6.36. The van der Waals surface area contributed by atoms with Crippen molar-refractivity contribution in [1.29, 1.82) is 0 Å². The van der Waals surface area contributed by atoms with Crippen molar-refractivity contribution in [2.24, 2.45) is 0 Å². The number of hydrogen-bond donors (Lipinski definition) is 1. The number of fused-ring (bicyclic) bond motifs is 2. The molecule has 1 N–H and O–H groups in total. The van der Waals surface area contributed by atoms with Crippen LogP contribution in [0.1, 0.15) is 11.4 Å². The van der Waals surface area contributed by atoms with E-state index in [0.717, 1.165) is 16.3 Å². The molecule has 3 aromatic carbocycles. The maximum absolute atomic E-state index is 12.2. The van der Waals surface area contributed by atoms with E-state index in [-0.39, 0.29) is 5.56 Å². The minimum absolute atomic E-state index is 0.248. The van der Waals surface area contributed by atoms with Gasteiger partial charge in [0.1, 0.15) is 0 Å². The van der Waals surface area contributed by atoms with Gasteiger partial charge in [0.05, 0.1) is 15.9 Å². The Labute approximate surface area is 153 Å². The lowest BCUT2D eigenvalue weighted by atomic mass is 10.1. The molecule has 4 rings (SSSR count). The lowest BCUT2D eigenvalue weighted by Gasteiger charge is -2.04. The van der Waals surface area contributed by atoms with E-state index in [0.29, 0.717) is 26.8 Å². The van der Waals surface area contributed by atoms with Crippen molar-refractivity contribution in [3.8, 4) is 0 Å². The van der Waals surface area contributed by atoms with Crippen LogP contribution in [0.5, 0.6) is 0 Å². The van der Waals surface area contributed by atoms with Crippen LogP contribution < -0.4 is 5.56 Å². The fourth-order valence-electron chi connectivity index (χ4n) is 2.74. The first-order chi connectivity index (χ1) is 12.1. The first-order valence-electron chi connectivity index (χ1n) is 7.66. The normalized spacial score (nSPS) is 12.0. The molecule has 122 valence electrons. The molecule has 0 atom stereocenters. The number of H-pyrrole nitrogens is 1. The SMILES string of the molecule is O=c1[nH]c(/C(Cl)=C/c2ccc3ccccc3c2)nc2cc(Cl)ccc12. The number of nitrogens with zero attached hydrogens (tertiary/aromatic N) is 1. The highest BCUT2D eigenvalue weighted by atomic mass is 35.5. The van der Waals surface area contributed by atoms with Gasteiger partial charge in [-0.05, 0) is 46.7 Å². The summed E-state index contributed by atoms with van der Waals surface area (Å²) in [5.74, 6) is 0.314. The minimum atomic E-state index is -0.248. The molecule has 0 radical (unpaired) electrons. The first-order valence-corrected chi connectivity index (χ1v) is 8.42. The average Bonchev–Trinajstić information content (AvgIpc) is 2.61. The quantitative estimate of drug-likeness (QED) is 0.511. The number of hydrogen-bond acceptors (Lipinski definition) is 2. The van der Waals surface area contributed by atoms with Gasteiger partial charge in [-0.3, -0.25) is 4.79 Å². The molecule has 0 aliphatic rings. The second-order valence-electron chi connectivity index (χ2n) is 5.67. The third kappa shape index (κ3) is 3.16. The lowest BCUT2D eigenvalue weighted by molar-refractivity contribution is 1.14. The molecule has 0 spiro atoms. The van der Waals surface area contributed by atoms with Gasteiger partial charge < -0.3 is 4.98 Å². The highest BCUT2D eigenvalue weighted by Gasteiger charge is 2.07. The molecule has 0 aliphatic carbocycles. The highest BCUT2D eigenvalue weighted by molar-refractivity contribution is 6.50. The largest absolute Gasteiger partial charge is 0.305 e. The molecule has 1 aromatic heterocycles. The Bertz CT molecular complexity index is 1200. The van der Waals surface area contributed by atoms with Crippen molar-refractivity contribution in [1.82, 2.24) is 9.97 Å². The first kappa shape index (κ1) is 15.9. The summed E-state index contributed by atoms with van der Waals surface area (Å²) in [7, 11) is 0. The average molecular weight is 367 g/mol. The number of aromatic amines is 1. The van der Waals surface area contributed by atoms with E-state index in [1.54, 1.807) is 24.3 Å². The van der Waals surface area contributed by atoms with Crippen LogP contribution in [-0.2, 0) is 0 Å². The third-order valence-corrected chi connectivity index (χ3v) is 4.48. The zero-order chi connectivity index (χ0) is 17.4. The van der Waals surface area contributed by atoms with E-state index < -0.39 is 0 Å². The Balaban J connectivity index is 1.81. The summed E-state index contributed by atoms with van der Waals surface area (Å²) in [6.45, 7) is 0. The summed E-state index contributed by atoms with van der Waals surface area (Å²) in [5, 5.41) is 3.62. The molecule has 5 heteroatoms. The predicted molar refractivity (Wildman–Crippen MR) is 105 cm³/mol. The van der Waals surface area contributed by atoms with Crippen LogP contribution >= 0.6 is 23.2 Å². The Morgan fingerprint density at radius 1 is 1.00 bits per heavy atom. The summed E-state index contributed by atoms with van der Waals surface area (Å²) >= 11 is 12.4. The van der Waals surface area contributed by atoms with Gasteiger partial charge in [0.25, 0.3) is 5.56 Å².